The molecule has 8 heteroatoms. The Labute approximate surface area is 108 Å². The summed E-state index contributed by atoms with van der Waals surface area (Å²) in [5.41, 5.74) is 4.98. The van der Waals surface area contributed by atoms with Gasteiger partial charge in [-0.1, -0.05) is 23.7 Å². The van der Waals surface area contributed by atoms with E-state index in [1.54, 1.807) is 0 Å². The summed E-state index contributed by atoms with van der Waals surface area (Å²) >= 11 is 5.63. The van der Waals surface area contributed by atoms with Crippen molar-refractivity contribution in [2.24, 2.45) is 0 Å². The fourth-order valence-corrected chi connectivity index (χ4v) is 1.55. The van der Waals surface area contributed by atoms with Gasteiger partial charge in [0.05, 0.1) is 6.33 Å². The third kappa shape index (κ3) is 2.51. The highest BCUT2D eigenvalue weighted by molar-refractivity contribution is 6.31. The second-order valence-electron chi connectivity index (χ2n) is 3.74. The highest BCUT2D eigenvalue weighted by Gasteiger charge is 2.10. The largest absolute Gasteiger partial charge is 0.392 e. The molecular weight excluding hydrogens is 258 g/mol. The molecule has 2 heterocycles. The van der Waals surface area contributed by atoms with Crippen LogP contribution < -0.4 is 11.3 Å². The van der Waals surface area contributed by atoms with Gasteiger partial charge in [0, 0.05) is 6.42 Å². The van der Waals surface area contributed by atoms with Crippen molar-refractivity contribution >= 4 is 17.3 Å². The van der Waals surface area contributed by atoms with Crippen molar-refractivity contribution in [2.75, 3.05) is 5.73 Å². The molecule has 18 heavy (non-hydrogen) atoms. The Hall–Kier alpha value is -1.89. The van der Waals surface area contributed by atoms with Crippen LogP contribution in [0.4, 0.5) is 5.69 Å². The van der Waals surface area contributed by atoms with E-state index in [2.05, 4.69) is 15.1 Å². The van der Waals surface area contributed by atoms with Crippen molar-refractivity contribution in [3.8, 4) is 0 Å². The van der Waals surface area contributed by atoms with E-state index in [1.165, 1.54) is 10.9 Å². The van der Waals surface area contributed by atoms with Gasteiger partial charge in [0.25, 0.3) is 5.56 Å². The molecule has 0 aromatic carbocycles. The van der Waals surface area contributed by atoms with Crippen LogP contribution in [0.15, 0.2) is 15.6 Å². The van der Waals surface area contributed by atoms with Gasteiger partial charge in [-0.05, 0) is 6.42 Å². The smallest absolute Gasteiger partial charge is 0.278 e. The topological polar surface area (TPSA) is 99.8 Å². The molecule has 96 valence electrons. The minimum Gasteiger partial charge on any atom is -0.392 e. The van der Waals surface area contributed by atoms with E-state index in [-0.39, 0.29) is 17.4 Å². The van der Waals surface area contributed by atoms with E-state index in [0.29, 0.717) is 11.7 Å². The number of hydrogen-bond acceptors (Lipinski definition) is 6. The van der Waals surface area contributed by atoms with Crippen molar-refractivity contribution in [3.05, 3.63) is 33.5 Å². The van der Waals surface area contributed by atoms with Crippen LogP contribution in [-0.4, -0.2) is 19.7 Å². The van der Waals surface area contributed by atoms with E-state index in [1.807, 2.05) is 6.92 Å². The summed E-state index contributed by atoms with van der Waals surface area (Å²) in [5.74, 6) is 0.958. The maximum Gasteiger partial charge on any atom is 0.278 e. The van der Waals surface area contributed by atoms with Crippen LogP contribution in [0, 0.1) is 0 Å². The summed E-state index contributed by atoms with van der Waals surface area (Å²) in [7, 11) is 0. The fraction of sp³-hybridized carbons (Fsp3) is 0.400. The second-order valence-corrected chi connectivity index (χ2v) is 4.09. The average Bonchev–Trinajstić information content (AvgIpc) is 2.78. The molecule has 0 aliphatic carbocycles. The minimum atomic E-state index is -0.426. The van der Waals surface area contributed by atoms with Gasteiger partial charge in [-0.15, -0.1) is 0 Å². The molecule has 0 saturated heterocycles. The number of rotatable bonds is 4. The Balaban J connectivity index is 2.23. The lowest BCUT2D eigenvalue weighted by Gasteiger charge is -2.02. The Kier molecular flexibility index (Phi) is 3.61. The number of anilines is 1. The summed E-state index contributed by atoms with van der Waals surface area (Å²) in [6.45, 7) is 2.15. The van der Waals surface area contributed by atoms with E-state index in [4.69, 9.17) is 21.9 Å². The summed E-state index contributed by atoms with van der Waals surface area (Å²) in [6, 6.07) is 0. The molecule has 7 nitrogen and oxygen atoms in total. The molecule has 2 N–H and O–H groups in total. The highest BCUT2D eigenvalue weighted by Crippen LogP contribution is 2.09. The normalized spacial score (nSPS) is 10.8. The highest BCUT2D eigenvalue weighted by atomic mass is 35.5. The van der Waals surface area contributed by atoms with Crippen LogP contribution >= 0.6 is 11.6 Å². The zero-order chi connectivity index (χ0) is 13.1. The third-order valence-electron chi connectivity index (χ3n) is 2.31. The van der Waals surface area contributed by atoms with Crippen LogP contribution in [0.3, 0.4) is 0 Å². The summed E-state index contributed by atoms with van der Waals surface area (Å²) in [5, 5.41) is 3.79. The van der Waals surface area contributed by atoms with Gasteiger partial charge in [0.15, 0.2) is 11.0 Å². The van der Waals surface area contributed by atoms with Crippen molar-refractivity contribution in [3.63, 3.8) is 0 Å². The van der Waals surface area contributed by atoms with E-state index in [9.17, 15) is 4.79 Å². The lowest BCUT2D eigenvalue weighted by atomic mass is 10.3. The number of aromatic nitrogens is 4. The molecular formula is C10H12ClN5O2. The van der Waals surface area contributed by atoms with Gasteiger partial charge in [-0.3, -0.25) is 9.36 Å². The minimum absolute atomic E-state index is 0.00606. The second kappa shape index (κ2) is 5.18. The molecule has 0 saturated carbocycles. The van der Waals surface area contributed by atoms with Crippen molar-refractivity contribution in [1.29, 1.82) is 0 Å². The van der Waals surface area contributed by atoms with Gasteiger partial charge in [-0.25, -0.2) is 4.98 Å². The molecule has 0 aliphatic rings. The van der Waals surface area contributed by atoms with Crippen LogP contribution in [0.25, 0.3) is 0 Å². The molecule has 2 aromatic heterocycles. The third-order valence-corrected chi connectivity index (χ3v) is 2.61. The number of hydrogen-bond donors (Lipinski definition) is 1. The summed E-state index contributed by atoms with van der Waals surface area (Å²) in [4.78, 5) is 19.7. The molecule has 0 spiro atoms. The first kappa shape index (κ1) is 12.6. The van der Waals surface area contributed by atoms with Crippen LogP contribution in [0.5, 0.6) is 0 Å². The van der Waals surface area contributed by atoms with Gasteiger partial charge in [0.2, 0.25) is 5.89 Å². The van der Waals surface area contributed by atoms with Crippen molar-refractivity contribution in [2.45, 2.75) is 26.3 Å². The number of nitrogens with zero attached hydrogens (tertiary/aromatic N) is 4. The summed E-state index contributed by atoms with van der Waals surface area (Å²) in [6.07, 6.45) is 2.96. The molecule has 0 amide bonds. The number of halogens is 1. The maximum atomic E-state index is 11.8. The van der Waals surface area contributed by atoms with Crippen molar-refractivity contribution in [1.82, 2.24) is 19.7 Å². The monoisotopic (exact) mass is 269 g/mol. The maximum absolute atomic E-state index is 11.8. The van der Waals surface area contributed by atoms with Gasteiger partial charge < -0.3 is 10.3 Å². The SMILES string of the molecule is CCCc1noc(Cn2cnc(Cl)c(N)c2=O)n1. The van der Waals surface area contributed by atoms with Crippen LogP contribution in [0.1, 0.15) is 25.1 Å². The molecule has 2 aromatic rings. The average molecular weight is 270 g/mol. The molecule has 0 fully saturated rings. The summed E-state index contributed by atoms with van der Waals surface area (Å²) < 4.78 is 6.29. The number of nitrogens with two attached hydrogens (primary N) is 1. The Morgan fingerprint density at radius 2 is 2.33 bits per heavy atom. The standard InChI is InChI=1S/C10H12ClN5O2/c1-2-3-6-14-7(18-15-6)4-16-5-13-9(11)8(12)10(16)17/h5H,2-4,12H2,1H3. The zero-order valence-corrected chi connectivity index (χ0v) is 10.5. The lowest BCUT2D eigenvalue weighted by molar-refractivity contribution is 0.364. The van der Waals surface area contributed by atoms with Gasteiger partial charge in [0.1, 0.15) is 12.2 Å². The molecule has 0 unspecified atom stereocenters. The Morgan fingerprint density at radius 3 is 3.06 bits per heavy atom. The number of aryl methyl sites for hydroxylation is 1. The van der Waals surface area contributed by atoms with E-state index >= 15 is 0 Å². The molecule has 0 atom stereocenters. The Morgan fingerprint density at radius 1 is 1.56 bits per heavy atom. The first-order chi connectivity index (χ1) is 8.61. The number of nitrogen functional groups attached to an aromatic ring is 1. The molecule has 0 bridgehead atoms. The van der Waals surface area contributed by atoms with Gasteiger partial charge in [-0.2, -0.15) is 4.98 Å². The predicted octanol–water partition coefficient (Wildman–Crippen LogP) is 0.863. The first-order valence-electron chi connectivity index (χ1n) is 5.43. The predicted molar refractivity (Wildman–Crippen MR) is 65.3 cm³/mol. The van der Waals surface area contributed by atoms with Gasteiger partial charge >= 0.3 is 0 Å². The van der Waals surface area contributed by atoms with E-state index < -0.39 is 5.56 Å². The van der Waals surface area contributed by atoms with Crippen LogP contribution in [-0.2, 0) is 13.0 Å². The molecule has 0 radical (unpaired) electrons. The lowest BCUT2D eigenvalue weighted by Crippen LogP contribution is -2.24. The molecule has 0 aliphatic heterocycles. The van der Waals surface area contributed by atoms with E-state index in [0.717, 1.165) is 12.8 Å². The zero-order valence-electron chi connectivity index (χ0n) is 9.76. The molecule has 2 rings (SSSR count). The Bertz CT molecular complexity index is 607. The quantitative estimate of drug-likeness (QED) is 0.827. The van der Waals surface area contributed by atoms with Crippen LogP contribution in [0.2, 0.25) is 5.15 Å². The van der Waals surface area contributed by atoms with Crippen molar-refractivity contribution < 1.29 is 4.52 Å². The first-order valence-corrected chi connectivity index (χ1v) is 5.81. The fourth-order valence-electron chi connectivity index (χ4n) is 1.42.